The van der Waals surface area contributed by atoms with Crippen LogP contribution in [0.25, 0.3) is 0 Å². The first-order valence-electron chi connectivity index (χ1n) is 5.12. The maximum Gasteiger partial charge on any atom is 0.252 e. The fourth-order valence-electron chi connectivity index (χ4n) is 1.39. The lowest BCUT2D eigenvalue weighted by Gasteiger charge is -2.15. The minimum absolute atomic E-state index is 0.235. The number of nitrogens with zero attached hydrogens (tertiary/aromatic N) is 2. The van der Waals surface area contributed by atoms with E-state index in [1.165, 1.54) is 17.4 Å². The molecule has 0 spiro atoms. The minimum atomic E-state index is -3.49. The van der Waals surface area contributed by atoms with Crippen LogP contribution in [0.2, 0.25) is 4.34 Å². The third-order valence-corrected chi connectivity index (χ3v) is 5.83. The molecular weight excluding hydrogens is 292 g/mol. The molecule has 96 valence electrons. The quantitative estimate of drug-likeness (QED) is 0.872. The maximum atomic E-state index is 12.2. The molecule has 7 heteroatoms. The van der Waals surface area contributed by atoms with Crippen molar-refractivity contribution in [2.24, 2.45) is 0 Å². The molecule has 2 heterocycles. The van der Waals surface area contributed by atoms with E-state index >= 15 is 0 Å². The molecule has 0 atom stereocenters. The van der Waals surface area contributed by atoms with E-state index < -0.39 is 10.0 Å². The lowest BCUT2D eigenvalue weighted by Crippen LogP contribution is -2.26. The number of hydrogen-bond donors (Lipinski definition) is 0. The van der Waals surface area contributed by atoms with Crippen molar-refractivity contribution >= 4 is 33.0 Å². The summed E-state index contributed by atoms with van der Waals surface area (Å²) >= 11 is 6.80. The van der Waals surface area contributed by atoms with Gasteiger partial charge in [-0.25, -0.2) is 8.42 Å². The van der Waals surface area contributed by atoms with Gasteiger partial charge in [0, 0.05) is 13.2 Å². The fraction of sp³-hybridized carbons (Fsp3) is 0.182. The molecule has 0 aliphatic carbocycles. The molecule has 0 N–H and O–H groups in total. The van der Waals surface area contributed by atoms with Crippen LogP contribution < -0.4 is 0 Å². The lowest BCUT2D eigenvalue weighted by atomic mass is 10.3. The Balaban J connectivity index is 2.21. The van der Waals surface area contributed by atoms with E-state index in [1.54, 1.807) is 24.4 Å². The van der Waals surface area contributed by atoms with Crippen molar-refractivity contribution in [3.8, 4) is 0 Å². The van der Waals surface area contributed by atoms with Gasteiger partial charge in [-0.05, 0) is 24.3 Å². The molecule has 0 aliphatic heterocycles. The summed E-state index contributed by atoms with van der Waals surface area (Å²) in [6.07, 6.45) is 1.64. The van der Waals surface area contributed by atoms with Crippen LogP contribution in [0.4, 0.5) is 0 Å². The third kappa shape index (κ3) is 2.89. The van der Waals surface area contributed by atoms with Crippen LogP contribution in [-0.4, -0.2) is 24.8 Å². The second-order valence-electron chi connectivity index (χ2n) is 3.64. The Labute approximate surface area is 115 Å². The van der Waals surface area contributed by atoms with E-state index in [2.05, 4.69) is 4.98 Å². The number of thiophene rings is 1. The standard InChI is InChI=1S/C11H11ClN2O2S2/c1-14(8-9-4-2-3-7-13-9)18(15,16)11-6-5-10(12)17-11/h2-7H,8H2,1H3. The van der Waals surface area contributed by atoms with Gasteiger partial charge in [-0.2, -0.15) is 4.31 Å². The van der Waals surface area contributed by atoms with Crippen molar-refractivity contribution in [1.82, 2.24) is 9.29 Å². The Bertz CT molecular complexity index is 626. The SMILES string of the molecule is CN(Cc1ccccn1)S(=O)(=O)c1ccc(Cl)s1. The van der Waals surface area contributed by atoms with Gasteiger partial charge in [-0.15, -0.1) is 11.3 Å². The molecule has 0 saturated carbocycles. The molecule has 2 rings (SSSR count). The number of sulfonamides is 1. The van der Waals surface area contributed by atoms with Gasteiger partial charge in [-0.3, -0.25) is 4.98 Å². The van der Waals surface area contributed by atoms with Gasteiger partial charge < -0.3 is 0 Å². The molecule has 0 saturated heterocycles. The fourth-order valence-corrected chi connectivity index (χ4v) is 4.23. The van der Waals surface area contributed by atoms with E-state index in [1.807, 2.05) is 6.07 Å². The molecule has 2 aromatic rings. The highest BCUT2D eigenvalue weighted by Crippen LogP contribution is 2.27. The molecule has 18 heavy (non-hydrogen) atoms. The molecule has 0 aromatic carbocycles. The van der Waals surface area contributed by atoms with Crippen LogP contribution in [0.5, 0.6) is 0 Å². The van der Waals surface area contributed by atoms with Gasteiger partial charge >= 0.3 is 0 Å². The largest absolute Gasteiger partial charge is 0.260 e. The van der Waals surface area contributed by atoms with Crippen molar-refractivity contribution in [3.05, 3.63) is 46.6 Å². The second kappa shape index (κ2) is 5.36. The third-order valence-electron chi connectivity index (χ3n) is 2.32. The van der Waals surface area contributed by atoms with E-state index in [0.29, 0.717) is 10.0 Å². The van der Waals surface area contributed by atoms with E-state index in [4.69, 9.17) is 11.6 Å². The monoisotopic (exact) mass is 302 g/mol. The Morgan fingerprint density at radius 2 is 2.11 bits per heavy atom. The highest BCUT2D eigenvalue weighted by atomic mass is 35.5. The Morgan fingerprint density at radius 1 is 1.33 bits per heavy atom. The number of rotatable bonds is 4. The zero-order valence-corrected chi connectivity index (χ0v) is 12.0. The number of hydrogen-bond acceptors (Lipinski definition) is 4. The average molecular weight is 303 g/mol. The van der Waals surface area contributed by atoms with Crippen LogP contribution in [0, 0.1) is 0 Å². The molecule has 0 unspecified atom stereocenters. The summed E-state index contributed by atoms with van der Waals surface area (Å²) in [4.78, 5) is 4.10. The van der Waals surface area contributed by atoms with Crippen LogP contribution in [-0.2, 0) is 16.6 Å². The summed E-state index contributed by atoms with van der Waals surface area (Å²) < 4.78 is 26.4. The summed E-state index contributed by atoms with van der Waals surface area (Å²) in [5.74, 6) is 0. The van der Waals surface area contributed by atoms with Crippen molar-refractivity contribution in [2.75, 3.05) is 7.05 Å². The van der Waals surface area contributed by atoms with Gasteiger partial charge in [0.2, 0.25) is 0 Å². The van der Waals surface area contributed by atoms with Crippen LogP contribution in [0.15, 0.2) is 40.7 Å². The van der Waals surface area contributed by atoms with E-state index in [0.717, 1.165) is 11.3 Å². The molecular formula is C11H11ClN2O2S2. The maximum absolute atomic E-state index is 12.2. The lowest BCUT2D eigenvalue weighted by molar-refractivity contribution is 0.464. The first-order valence-corrected chi connectivity index (χ1v) is 7.75. The molecule has 4 nitrogen and oxygen atoms in total. The van der Waals surface area contributed by atoms with Crippen LogP contribution in [0.1, 0.15) is 5.69 Å². The summed E-state index contributed by atoms with van der Waals surface area (Å²) in [5.41, 5.74) is 0.700. The van der Waals surface area contributed by atoms with Crippen LogP contribution >= 0.6 is 22.9 Å². The Hall–Kier alpha value is -0.950. The Morgan fingerprint density at radius 3 is 2.67 bits per heavy atom. The normalized spacial score (nSPS) is 11.9. The van der Waals surface area contributed by atoms with Gasteiger partial charge in [-0.1, -0.05) is 17.7 Å². The first-order chi connectivity index (χ1) is 8.50. The van der Waals surface area contributed by atoms with Crippen LogP contribution in [0.3, 0.4) is 0 Å². The van der Waals surface area contributed by atoms with Crippen molar-refractivity contribution in [2.45, 2.75) is 10.8 Å². The smallest absolute Gasteiger partial charge is 0.252 e. The van der Waals surface area contributed by atoms with Crippen molar-refractivity contribution in [3.63, 3.8) is 0 Å². The molecule has 0 amide bonds. The molecule has 2 aromatic heterocycles. The average Bonchev–Trinajstić information content (AvgIpc) is 2.78. The number of aromatic nitrogens is 1. The number of pyridine rings is 1. The van der Waals surface area contributed by atoms with E-state index in [-0.39, 0.29) is 10.8 Å². The molecule has 0 bridgehead atoms. The summed E-state index contributed by atoms with van der Waals surface area (Å²) in [6.45, 7) is 0.235. The summed E-state index contributed by atoms with van der Waals surface area (Å²) in [7, 11) is -1.96. The van der Waals surface area contributed by atoms with Gasteiger partial charge in [0.15, 0.2) is 0 Å². The van der Waals surface area contributed by atoms with Crippen molar-refractivity contribution < 1.29 is 8.42 Å². The molecule has 0 aliphatic rings. The zero-order chi connectivity index (χ0) is 13.2. The van der Waals surface area contributed by atoms with Gasteiger partial charge in [0.1, 0.15) is 4.21 Å². The first kappa shape index (κ1) is 13.5. The molecule has 0 radical (unpaired) electrons. The Kier molecular flexibility index (Phi) is 4.01. The number of halogens is 1. The highest BCUT2D eigenvalue weighted by Gasteiger charge is 2.22. The van der Waals surface area contributed by atoms with Gasteiger partial charge in [0.05, 0.1) is 16.6 Å². The predicted molar refractivity (Wildman–Crippen MR) is 72.2 cm³/mol. The second-order valence-corrected chi connectivity index (χ2v) is 7.63. The summed E-state index contributed by atoms with van der Waals surface area (Å²) in [6, 6.07) is 8.49. The van der Waals surface area contributed by atoms with Gasteiger partial charge in [0.25, 0.3) is 10.0 Å². The minimum Gasteiger partial charge on any atom is -0.260 e. The van der Waals surface area contributed by atoms with Crippen molar-refractivity contribution in [1.29, 1.82) is 0 Å². The summed E-state index contributed by atoms with van der Waals surface area (Å²) in [5, 5.41) is 0. The predicted octanol–water partition coefficient (Wildman–Crippen LogP) is 2.62. The van der Waals surface area contributed by atoms with E-state index in [9.17, 15) is 8.42 Å². The topological polar surface area (TPSA) is 50.3 Å². The zero-order valence-electron chi connectivity index (χ0n) is 9.58. The molecule has 0 fully saturated rings. The highest BCUT2D eigenvalue weighted by molar-refractivity contribution is 7.91.